The maximum atomic E-state index is 12.2. The second-order valence-corrected chi connectivity index (χ2v) is 5.21. The molecule has 1 fully saturated rings. The van der Waals surface area contributed by atoms with Crippen molar-refractivity contribution >= 4 is 5.91 Å². The Kier molecular flexibility index (Phi) is 4.74. The van der Waals surface area contributed by atoms with E-state index in [1.54, 1.807) is 18.7 Å². The van der Waals surface area contributed by atoms with E-state index >= 15 is 0 Å². The van der Waals surface area contributed by atoms with Crippen molar-refractivity contribution in [3.8, 4) is 0 Å². The molecule has 0 aromatic rings. The molecule has 1 unspecified atom stereocenters. The second-order valence-electron chi connectivity index (χ2n) is 5.21. The number of nitrogens with one attached hydrogen (secondary N) is 1. The molecule has 2 N–H and O–H groups in total. The lowest BCUT2D eigenvalue weighted by atomic mass is 9.97. The van der Waals surface area contributed by atoms with Crippen LogP contribution in [-0.4, -0.2) is 47.7 Å². The molecule has 94 valence electrons. The number of hydrogen-bond donors (Lipinski definition) is 2. The molecule has 1 aliphatic heterocycles. The van der Waals surface area contributed by atoms with Crippen LogP contribution in [0, 0.1) is 5.92 Å². The van der Waals surface area contributed by atoms with Crippen molar-refractivity contribution in [3.05, 3.63) is 0 Å². The van der Waals surface area contributed by atoms with E-state index < -0.39 is 5.60 Å². The zero-order chi connectivity index (χ0) is 12.2. The van der Waals surface area contributed by atoms with Crippen LogP contribution in [0.1, 0.15) is 33.6 Å². The molecule has 1 rings (SSSR count). The molecule has 0 aromatic carbocycles. The number of hydrogen-bond acceptors (Lipinski definition) is 3. The molecule has 0 spiro atoms. The highest BCUT2D eigenvalue weighted by Gasteiger charge is 2.28. The van der Waals surface area contributed by atoms with E-state index in [9.17, 15) is 9.90 Å². The normalized spacial score (nSPS) is 21.9. The lowest BCUT2D eigenvalue weighted by molar-refractivity contribution is -0.138. The number of carbonyl (C=O) groups is 1. The van der Waals surface area contributed by atoms with Crippen molar-refractivity contribution in [2.75, 3.05) is 26.2 Å². The van der Waals surface area contributed by atoms with Gasteiger partial charge in [-0.2, -0.15) is 0 Å². The van der Waals surface area contributed by atoms with Gasteiger partial charge in [-0.25, -0.2) is 0 Å². The summed E-state index contributed by atoms with van der Waals surface area (Å²) in [5, 5.41) is 13.0. The van der Waals surface area contributed by atoms with Gasteiger partial charge in [-0.05, 0) is 40.2 Å². The van der Waals surface area contributed by atoms with E-state index in [-0.39, 0.29) is 11.8 Å². The number of nitrogens with zero attached hydrogens (tertiary/aromatic N) is 1. The molecular weight excluding hydrogens is 204 g/mol. The lowest BCUT2D eigenvalue weighted by Crippen LogP contribution is -2.47. The van der Waals surface area contributed by atoms with Gasteiger partial charge in [0.1, 0.15) is 0 Å². The van der Waals surface area contributed by atoms with Crippen molar-refractivity contribution in [2.45, 2.75) is 39.2 Å². The Morgan fingerprint density at radius 2 is 2.25 bits per heavy atom. The first-order valence-electron chi connectivity index (χ1n) is 6.16. The topological polar surface area (TPSA) is 52.6 Å². The zero-order valence-corrected chi connectivity index (χ0v) is 10.6. The summed E-state index contributed by atoms with van der Waals surface area (Å²) in [5.74, 6) is 0.271. The number of carbonyl (C=O) groups excluding carboxylic acids is 1. The Hall–Kier alpha value is -0.610. The molecule has 1 saturated heterocycles. The molecule has 1 amide bonds. The van der Waals surface area contributed by atoms with Crippen LogP contribution < -0.4 is 5.32 Å². The highest BCUT2D eigenvalue weighted by atomic mass is 16.3. The van der Waals surface area contributed by atoms with E-state index in [2.05, 4.69) is 5.32 Å². The summed E-state index contributed by atoms with van der Waals surface area (Å²) >= 11 is 0. The van der Waals surface area contributed by atoms with Crippen LogP contribution >= 0.6 is 0 Å². The van der Waals surface area contributed by atoms with Gasteiger partial charge >= 0.3 is 0 Å². The summed E-state index contributed by atoms with van der Waals surface area (Å²) in [4.78, 5) is 13.9. The third kappa shape index (κ3) is 4.10. The van der Waals surface area contributed by atoms with Crippen molar-refractivity contribution in [1.82, 2.24) is 10.2 Å². The van der Waals surface area contributed by atoms with Gasteiger partial charge in [0.25, 0.3) is 0 Å². The van der Waals surface area contributed by atoms with Gasteiger partial charge in [0.2, 0.25) is 5.91 Å². The third-order valence-electron chi connectivity index (χ3n) is 2.92. The van der Waals surface area contributed by atoms with Crippen molar-refractivity contribution in [3.63, 3.8) is 0 Å². The summed E-state index contributed by atoms with van der Waals surface area (Å²) in [5.41, 5.74) is -0.812. The summed E-state index contributed by atoms with van der Waals surface area (Å²) in [6, 6.07) is 0. The molecule has 16 heavy (non-hydrogen) atoms. The van der Waals surface area contributed by atoms with Crippen molar-refractivity contribution in [2.24, 2.45) is 5.92 Å². The van der Waals surface area contributed by atoms with Gasteiger partial charge in [0, 0.05) is 19.6 Å². The van der Waals surface area contributed by atoms with Crippen LogP contribution in [0.5, 0.6) is 0 Å². The maximum absolute atomic E-state index is 12.2. The van der Waals surface area contributed by atoms with Crippen LogP contribution in [-0.2, 0) is 4.79 Å². The number of rotatable bonds is 4. The Morgan fingerprint density at radius 3 is 2.69 bits per heavy atom. The van der Waals surface area contributed by atoms with E-state index in [1.165, 1.54) is 0 Å². The quantitative estimate of drug-likeness (QED) is 0.741. The first-order valence-corrected chi connectivity index (χ1v) is 6.16. The Bertz CT molecular complexity index is 230. The standard InChI is InChI=1S/C12H24N2O2/c1-4-14(9-12(2,3)16)11(15)10-6-5-7-13-8-10/h10,13,16H,4-9H2,1-3H3. The van der Waals surface area contributed by atoms with Gasteiger partial charge in [0.15, 0.2) is 0 Å². The molecule has 1 heterocycles. The van der Waals surface area contributed by atoms with Gasteiger partial charge < -0.3 is 15.3 Å². The van der Waals surface area contributed by atoms with Crippen LogP contribution in [0.15, 0.2) is 0 Å². The monoisotopic (exact) mass is 228 g/mol. The van der Waals surface area contributed by atoms with Gasteiger partial charge in [-0.1, -0.05) is 0 Å². The molecule has 0 aromatic heterocycles. The van der Waals surface area contributed by atoms with Crippen LogP contribution in [0.3, 0.4) is 0 Å². The minimum Gasteiger partial charge on any atom is -0.389 e. The Balaban J connectivity index is 2.54. The number of piperidine rings is 1. The summed E-state index contributed by atoms with van der Waals surface area (Å²) in [7, 11) is 0. The average Bonchev–Trinajstić information content (AvgIpc) is 2.25. The molecule has 1 aliphatic rings. The fourth-order valence-corrected chi connectivity index (χ4v) is 2.13. The molecule has 0 saturated carbocycles. The summed E-state index contributed by atoms with van der Waals surface area (Å²) in [6.45, 7) is 8.31. The van der Waals surface area contributed by atoms with Crippen LogP contribution in [0.25, 0.3) is 0 Å². The van der Waals surface area contributed by atoms with Crippen molar-refractivity contribution < 1.29 is 9.90 Å². The Labute approximate surface area is 98.0 Å². The average molecular weight is 228 g/mol. The van der Waals surface area contributed by atoms with Gasteiger partial charge in [-0.15, -0.1) is 0 Å². The van der Waals surface area contributed by atoms with Crippen LogP contribution in [0.2, 0.25) is 0 Å². The second kappa shape index (κ2) is 5.64. The smallest absolute Gasteiger partial charge is 0.227 e. The number of aliphatic hydroxyl groups is 1. The summed E-state index contributed by atoms with van der Waals surface area (Å²) in [6.07, 6.45) is 2.03. The molecule has 1 atom stereocenters. The molecule has 4 nitrogen and oxygen atoms in total. The zero-order valence-electron chi connectivity index (χ0n) is 10.6. The van der Waals surface area contributed by atoms with E-state index in [0.29, 0.717) is 13.1 Å². The fraction of sp³-hybridized carbons (Fsp3) is 0.917. The first-order chi connectivity index (χ1) is 7.44. The lowest BCUT2D eigenvalue weighted by Gasteiger charge is -2.32. The predicted octanol–water partition coefficient (Wildman–Crippen LogP) is 0.605. The molecule has 0 aliphatic carbocycles. The maximum Gasteiger partial charge on any atom is 0.227 e. The predicted molar refractivity (Wildman–Crippen MR) is 64.1 cm³/mol. The largest absolute Gasteiger partial charge is 0.389 e. The molecule has 0 bridgehead atoms. The molecular formula is C12H24N2O2. The Morgan fingerprint density at radius 1 is 1.56 bits per heavy atom. The SMILES string of the molecule is CCN(CC(C)(C)O)C(=O)C1CCCNC1. The van der Waals surface area contributed by atoms with Crippen LogP contribution in [0.4, 0.5) is 0 Å². The minimum absolute atomic E-state index is 0.0936. The fourth-order valence-electron chi connectivity index (χ4n) is 2.13. The van der Waals surface area contributed by atoms with Gasteiger partial charge in [-0.3, -0.25) is 4.79 Å². The van der Waals surface area contributed by atoms with Gasteiger partial charge in [0.05, 0.1) is 11.5 Å². The van der Waals surface area contributed by atoms with Crippen molar-refractivity contribution in [1.29, 1.82) is 0 Å². The third-order valence-corrected chi connectivity index (χ3v) is 2.92. The number of amides is 1. The highest BCUT2D eigenvalue weighted by Crippen LogP contribution is 2.15. The molecule has 0 radical (unpaired) electrons. The van der Waals surface area contributed by atoms with E-state index in [4.69, 9.17) is 0 Å². The van der Waals surface area contributed by atoms with E-state index in [0.717, 1.165) is 25.9 Å². The molecule has 4 heteroatoms. The number of likely N-dealkylation sites (N-methyl/N-ethyl adjacent to an activating group) is 1. The first kappa shape index (κ1) is 13.5. The summed E-state index contributed by atoms with van der Waals surface area (Å²) < 4.78 is 0. The highest BCUT2D eigenvalue weighted by molar-refractivity contribution is 5.79. The van der Waals surface area contributed by atoms with E-state index in [1.807, 2.05) is 6.92 Å². The minimum atomic E-state index is -0.812.